The van der Waals surface area contributed by atoms with Gasteiger partial charge in [0.15, 0.2) is 5.78 Å². The van der Waals surface area contributed by atoms with Gasteiger partial charge in [-0.2, -0.15) is 0 Å². The summed E-state index contributed by atoms with van der Waals surface area (Å²) in [6.45, 7) is 3.57. The maximum atomic E-state index is 13.8. The molecule has 0 saturated carbocycles. The molecule has 1 aliphatic heterocycles. The predicted molar refractivity (Wildman–Crippen MR) is 62.7 cm³/mol. The number of Topliss-reactive ketones (excluding diaryl/α,β-unsaturated/α-hetero) is 1. The van der Waals surface area contributed by atoms with E-state index in [9.17, 15) is 13.6 Å². The SMILES string of the molecule is CC(=O)c1c(F)cccc1N1CC[C@](C)(F)C1. The molecule has 0 amide bonds. The number of rotatable bonds is 2. The molecule has 92 valence electrons. The third-order valence-corrected chi connectivity index (χ3v) is 3.11. The molecule has 0 N–H and O–H groups in total. The van der Waals surface area contributed by atoms with Crippen LogP contribution in [0.25, 0.3) is 0 Å². The van der Waals surface area contributed by atoms with Gasteiger partial charge in [0.25, 0.3) is 0 Å². The Bertz CT molecular complexity index is 457. The fourth-order valence-corrected chi connectivity index (χ4v) is 2.25. The monoisotopic (exact) mass is 239 g/mol. The van der Waals surface area contributed by atoms with Gasteiger partial charge in [0, 0.05) is 13.0 Å². The minimum Gasteiger partial charge on any atom is -0.368 e. The van der Waals surface area contributed by atoms with Crippen molar-refractivity contribution < 1.29 is 13.6 Å². The molecule has 1 atom stereocenters. The quantitative estimate of drug-likeness (QED) is 0.739. The summed E-state index contributed by atoms with van der Waals surface area (Å²) in [5.74, 6) is -0.868. The Morgan fingerprint density at radius 3 is 2.71 bits per heavy atom. The van der Waals surface area contributed by atoms with E-state index in [0.29, 0.717) is 18.7 Å². The number of benzene rings is 1. The molecule has 0 unspecified atom stereocenters. The lowest BCUT2D eigenvalue weighted by Gasteiger charge is -2.22. The summed E-state index contributed by atoms with van der Waals surface area (Å²) in [7, 11) is 0. The molecule has 1 heterocycles. The van der Waals surface area contributed by atoms with Crippen molar-refractivity contribution in [3.63, 3.8) is 0 Å². The summed E-state index contributed by atoms with van der Waals surface area (Å²) >= 11 is 0. The van der Waals surface area contributed by atoms with E-state index in [1.54, 1.807) is 17.0 Å². The van der Waals surface area contributed by atoms with E-state index in [4.69, 9.17) is 0 Å². The number of ketones is 1. The molecule has 0 radical (unpaired) electrons. The summed E-state index contributed by atoms with van der Waals surface area (Å²) in [4.78, 5) is 13.2. The van der Waals surface area contributed by atoms with E-state index < -0.39 is 11.5 Å². The van der Waals surface area contributed by atoms with Gasteiger partial charge in [0.1, 0.15) is 11.5 Å². The van der Waals surface area contributed by atoms with Gasteiger partial charge in [0.2, 0.25) is 0 Å². The van der Waals surface area contributed by atoms with Gasteiger partial charge >= 0.3 is 0 Å². The van der Waals surface area contributed by atoms with E-state index >= 15 is 0 Å². The second-order valence-corrected chi connectivity index (χ2v) is 4.78. The molecule has 2 nitrogen and oxygen atoms in total. The third-order valence-electron chi connectivity index (χ3n) is 3.11. The van der Waals surface area contributed by atoms with Crippen LogP contribution in [0.4, 0.5) is 14.5 Å². The molecule has 1 aromatic carbocycles. The fourth-order valence-electron chi connectivity index (χ4n) is 2.25. The number of halogens is 2. The Hall–Kier alpha value is -1.45. The van der Waals surface area contributed by atoms with Gasteiger partial charge in [-0.3, -0.25) is 4.79 Å². The lowest BCUT2D eigenvalue weighted by atomic mass is 10.1. The first kappa shape index (κ1) is 12.0. The van der Waals surface area contributed by atoms with Crippen LogP contribution in [0.2, 0.25) is 0 Å². The zero-order valence-corrected chi connectivity index (χ0v) is 9.96. The lowest BCUT2D eigenvalue weighted by molar-refractivity contribution is 0.101. The average molecular weight is 239 g/mol. The van der Waals surface area contributed by atoms with Crippen LogP contribution in [0.3, 0.4) is 0 Å². The van der Waals surface area contributed by atoms with E-state index in [-0.39, 0.29) is 17.9 Å². The number of anilines is 1. The van der Waals surface area contributed by atoms with Crippen LogP contribution in [0.1, 0.15) is 30.6 Å². The zero-order valence-electron chi connectivity index (χ0n) is 9.96. The smallest absolute Gasteiger partial charge is 0.164 e. The van der Waals surface area contributed by atoms with Crippen LogP contribution >= 0.6 is 0 Å². The van der Waals surface area contributed by atoms with Gasteiger partial charge in [-0.15, -0.1) is 0 Å². The maximum absolute atomic E-state index is 13.8. The van der Waals surface area contributed by atoms with Crippen LogP contribution in [-0.4, -0.2) is 24.5 Å². The summed E-state index contributed by atoms with van der Waals surface area (Å²) in [6, 6.07) is 4.47. The van der Waals surface area contributed by atoms with Crippen molar-refractivity contribution in [2.75, 3.05) is 18.0 Å². The number of alkyl halides is 1. The van der Waals surface area contributed by atoms with E-state index in [1.165, 1.54) is 19.9 Å². The topological polar surface area (TPSA) is 20.3 Å². The fraction of sp³-hybridized carbons (Fsp3) is 0.462. The van der Waals surface area contributed by atoms with Crippen molar-refractivity contribution in [1.82, 2.24) is 0 Å². The maximum Gasteiger partial charge on any atom is 0.164 e. The molecule has 1 aliphatic rings. The molecule has 0 spiro atoms. The highest BCUT2D eigenvalue weighted by molar-refractivity contribution is 6.00. The van der Waals surface area contributed by atoms with Crippen molar-refractivity contribution >= 4 is 11.5 Å². The summed E-state index contributed by atoms with van der Waals surface area (Å²) < 4.78 is 27.4. The third kappa shape index (κ3) is 2.30. The van der Waals surface area contributed by atoms with Gasteiger partial charge in [-0.25, -0.2) is 8.78 Å². The van der Waals surface area contributed by atoms with Crippen molar-refractivity contribution in [1.29, 1.82) is 0 Å². The van der Waals surface area contributed by atoms with Crippen molar-refractivity contribution in [2.24, 2.45) is 0 Å². The summed E-state index contributed by atoms with van der Waals surface area (Å²) in [5.41, 5.74) is -0.704. The first-order chi connectivity index (χ1) is 7.91. The van der Waals surface area contributed by atoms with E-state index in [1.807, 2.05) is 0 Å². The average Bonchev–Trinajstić information content (AvgIpc) is 2.57. The standard InChI is InChI=1S/C13H15F2NO/c1-9(17)12-10(14)4-3-5-11(12)16-7-6-13(2,15)8-16/h3-5H,6-8H2,1-2H3/t13-/m0/s1. The van der Waals surface area contributed by atoms with Crippen molar-refractivity contribution in [3.05, 3.63) is 29.6 Å². The van der Waals surface area contributed by atoms with E-state index in [2.05, 4.69) is 0 Å². The Morgan fingerprint density at radius 2 is 2.18 bits per heavy atom. The second kappa shape index (κ2) is 4.09. The molecule has 1 aromatic rings. The summed E-state index contributed by atoms with van der Waals surface area (Å²) in [6.07, 6.45) is 0.404. The largest absolute Gasteiger partial charge is 0.368 e. The minimum absolute atomic E-state index is 0.0604. The van der Waals surface area contributed by atoms with Gasteiger partial charge < -0.3 is 4.90 Å². The Balaban J connectivity index is 2.40. The number of hydrogen-bond donors (Lipinski definition) is 0. The highest BCUT2D eigenvalue weighted by atomic mass is 19.1. The van der Waals surface area contributed by atoms with Crippen LogP contribution < -0.4 is 4.90 Å². The van der Waals surface area contributed by atoms with Crippen LogP contribution in [-0.2, 0) is 0 Å². The van der Waals surface area contributed by atoms with Gasteiger partial charge in [-0.1, -0.05) is 6.07 Å². The Morgan fingerprint density at radius 1 is 1.47 bits per heavy atom. The first-order valence-corrected chi connectivity index (χ1v) is 5.64. The molecule has 0 bridgehead atoms. The lowest BCUT2D eigenvalue weighted by Crippen LogP contribution is -2.27. The highest BCUT2D eigenvalue weighted by Gasteiger charge is 2.35. The van der Waals surface area contributed by atoms with Crippen LogP contribution in [0.15, 0.2) is 18.2 Å². The minimum atomic E-state index is -1.26. The predicted octanol–water partition coefficient (Wildman–Crippen LogP) is 2.97. The molecule has 1 fully saturated rings. The number of nitrogens with zero attached hydrogens (tertiary/aromatic N) is 1. The van der Waals surface area contributed by atoms with E-state index in [0.717, 1.165) is 0 Å². The molecule has 1 saturated heterocycles. The first-order valence-electron chi connectivity index (χ1n) is 5.64. The zero-order chi connectivity index (χ0) is 12.6. The highest BCUT2D eigenvalue weighted by Crippen LogP contribution is 2.32. The van der Waals surface area contributed by atoms with Crippen LogP contribution in [0.5, 0.6) is 0 Å². The van der Waals surface area contributed by atoms with Crippen LogP contribution in [0, 0.1) is 5.82 Å². The molecule has 4 heteroatoms. The normalized spacial score (nSPS) is 24.1. The molecular weight excluding hydrogens is 224 g/mol. The Labute approximate surface area is 99.2 Å². The van der Waals surface area contributed by atoms with Crippen molar-refractivity contribution in [2.45, 2.75) is 25.9 Å². The van der Waals surface area contributed by atoms with Crippen molar-refractivity contribution in [3.8, 4) is 0 Å². The number of hydrogen-bond acceptors (Lipinski definition) is 2. The molecule has 0 aromatic heterocycles. The molecule has 17 heavy (non-hydrogen) atoms. The molecule has 0 aliphatic carbocycles. The van der Waals surface area contributed by atoms with Gasteiger partial charge in [-0.05, 0) is 26.0 Å². The number of carbonyl (C=O) groups is 1. The number of carbonyl (C=O) groups excluding carboxylic acids is 1. The second-order valence-electron chi connectivity index (χ2n) is 4.78. The molecule has 2 rings (SSSR count). The summed E-state index contributed by atoms with van der Waals surface area (Å²) in [5, 5.41) is 0. The Kier molecular flexibility index (Phi) is 2.89. The molecular formula is C13H15F2NO. The van der Waals surface area contributed by atoms with Gasteiger partial charge in [0.05, 0.1) is 17.8 Å².